The zero-order valence-electron chi connectivity index (χ0n) is 10.5. The Hall–Kier alpha value is -0.110. The fourth-order valence-corrected chi connectivity index (χ4v) is 4.01. The molecular weight excluding hydrogens is 264 g/mol. The molecule has 0 aliphatic heterocycles. The van der Waals surface area contributed by atoms with Gasteiger partial charge in [-0.15, -0.1) is 0 Å². The van der Waals surface area contributed by atoms with E-state index in [2.05, 4.69) is 36.7 Å². The van der Waals surface area contributed by atoms with Gasteiger partial charge in [0.2, 0.25) is 0 Å². The fourth-order valence-electron chi connectivity index (χ4n) is 3.73. The second-order valence-corrected chi connectivity index (χ2v) is 6.65. The van der Waals surface area contributed by atoms with Crippen LogP contribution in [0.2, 0.25) is 0 Å². The van der Waals surface area contributed by atoms with Crippen LogP contribution < -0.4 is 0 Å². The molecule has 2 aliphatic carbocycles. The Balaban J connectivity index is 2.41. The minimum Gasteiger partial charge on any atom is -0.299 e. The number of halogens is 1. The van der Waals surface area contributed by atoms with Crippen molar-refractivity contribution in [1.29, 1.82) is 0 Å². The molecule has 0 aromatic heterocycles. The van der Waals surface area contributed by atoms with Crippen LogP contribution in [-0.4, -0.2) is 11.1 Å². The summed E-state index contributed by atoms with van der Waals surface area (Å²) in [4.78, 5) is 12.2. The van der Waals surface area contributed by atoms with Gasteiger partial charge in [0.25, 0.3) is 0 Å². The lowest BCUT2D eigenvalue weighted by molar-refractivity contribution is -0.128. The maximum atomic E-state index is 12.2. The summed E-state index contributed by atoms with van der Waals surface area (Å²) in [5.74, 6) is 0.455. The lowest BCUT2D eigenvalue weighted by Gasteiger charge is -2.39. The molecule has 0 bridgehead atoms. The standard InChI is InChI=1S/C14H21BrO/c1-10-5-7-14(6-4-8-15)11(10)9-12(16)13(14,2)3/h4-9H2,1-3H3/t14-/m1/s1. The van der Waals surface area contributed by atoms with Crippen molar-refractivity contribution in [3.63, 3.8) is 0 Å². The molecule has 1 atom stereocenters. The van der Waals surface area contributed by atoms with Crippen molar-refractivity contribution in [1.82, 2.24) is 0 Å². The Morgan fingerprint density at radius 2 is 2.06 bits per heavy atom. The molecule has 0 radical (unpaired) electrons. The summed E-state index contributed by atoms with van der Waals surface area (Å²) in [5, 5.41) is 1.05. The first-order chi connectivity index (χ1) is 7.45. The Morgan fingerprint density at radius 3 is 2.69 bits per heavy atom. The van der Waals surface area contributed by atoms with E-state index >= 15 is 0 Å². The van der Waals surface area contributed by atoms with Crippen LogP contribution in [0.5, 0.6) is 0 Å². The Bertz CT molecular complexity index is 354. The molecule has 0 heterocycles. The van der Waals surface area contributed by atoms with Crippen molar-refractivity contribution in [3.8, 4) is 0 Å². The van der Waals surface area contributed by atoms with Crippen LogP contribution in [0.4, 0.5) is 0 Å². The van der Waals surface area contributed by atoms with Crippen molar-refractivity contribution < 1.29 is 4.79 Å². The summed E-state index contributed by atoms with van der Waals surface area (Å²) in [7, 11) is 0. The number of carbonyl (C=O) groups is 1. The molecule has 0 aromatic rings. The van der Waals surface area contributed by atoms with Crippen LogP contribution in [0.3, 0.4) is 0 Å². The fraction of sp³-hybridized carbons (Fsp3) is 0.786. The van der Waals surface area contributed by atoms with Crippen molar-refractivity contribution in [3.05, 3.63) is 11.1 Å². The molecule has 2 aliphatic rings. The smallest absolute Gasteiger partial charge is 0.143 e. The molecule has 1 nitrogen and oxygen atoms in total. The first kappa shape index (κ1) is 12.3. The van der Waals surface area contributed by atoms with Gasteiger partial charge < -0.3 is 0 Å². The van der Waals surface area contributed by atoms with Gasteiger partial charge in [-0.05, 0) is 32.6 Å². The minimum absolute atomic E-state index is 0.137. The summed E-state index contributed by atoms with van der Waals surface area (Å²) in [6.45, 7) is 6.55. The molecule has 1 saturated carbocycles. The van der Waals surface area contributed by atoms with E-state index in [1.807, 2.05) is 0 Å². The zero-order valence-corrected chi connectivity index (χ0v) is 12.1. The summed E-state index contributed by atoms with van der Waals surface area (Å²) in [6, 6.07) is 0. The number of allylic oxidation sites excluding steroid dienone is 2. The molecule has 0 N–H and O–H groups in total. The number of rotatable bonds is 3. The van der Waals surface area contributed by atoms with E-state index in [1.165, 1.54) is 36.8 Å². The summed E-state index contributed by atoms with van der Waals surface area (Å²) in [5.41, 5.74) is 3.04. The van der Waals surface area contributed by atoms with Crippen LogP contribution in [0, 0.1) is 10.8 Å². The van der Waals surface area contributed by atoms with Crippen molar-refractivity contribution in [2.75, 3.05) is 5.33 Å². The van der Waals surface area contributed by atoms with E-state index in [-0.39, 0.29) is 10.8 Å². The first-order valence-electron chi connectivity index (χ1n) is 6.24. The quantitative estimate of drug-likeness (QED) is 0.559. The predicted molar refractivity (Wildman–Crippen MR) is 70.8 cm³/mol. The van der Waals surface area contributed by atoms with Crippen LogP contribution in [0.25, 0.3) is 0 Å². The van der Waals surface area contributed by atoms with Gasteiger partial charge in [0, 0.05) is 22.6 Å². The molecule has 0 aromatic carbocycles. The number of hydrogen-bond acceptors (Lipinski definition) is 1. The molecule has 0 unspecified atom stereocenters. The van der Waals surface area contributed by atoms with Crippen molar-refractivity contribution in [2.45, 2.75) is 52.9 Å². The van der Waals surface area contributed by atoms with E-state index in [0.29, 0.717) is 5.78 Å². The molecule has 0 amide bonds. The number of Topliss-reactive ketones (excluding diaryl/α,β-unsaturated/α-hetero) is 1. The normalized spacial score (nSPS) is 32.4. The maximum Gasteiger partial charge on any atom is 0.143 e. The topological polar surface area (TPSA) is 17.1 Å². The maximum absolute atomic E-state index is 12.2. The highest BCUT2D eigenvalue weighted by molar-refractivity contribution is 9.09. The minimum atomic E-state index is -0.137. The van der Waals surface area contributed by atoms with E-state index < -0.39 is 0 Å². The number of hydrogen-bond donors (Lipinski definition) is 0. The SMILES string of the molecule is CC1=C2CC(=O)C(C)(C)[C@]2(CCCBr)CC1. The Kier molecular flexibility index (Phi) is 3.07. The summed E-state index contributed by atoms with van der Waals surface area (Å²) >= 11 is 3.52. The third-order valence-corrected chi connectivity index (χ3v) is 5.55. The Morgan fingerprint density at radius 1 is 1.38 bits per heavy atom. The molecule has 16 heavy (non-hydrogen) atoms. The van der Waals surface area contributed by atoms with E-state index in [9.17, 15) is 4.79 Å². The molecule has 0 spiro atoms. The predicted octanol–water partition coefficient (Wildman–Crippen LogP) is 4.26. The van der Waals surface area contributed by atoms with Gasteiger partial charge >= 0.3 is 0 Å². The van der Waals surface area contributed by atoms with Gasteiger partial charge in [-0.3, -0.25) is 4.79 Å². The highest BCUT2D eigenvalue weighted by Gasteiger charge is 2.58. The third kappa shape index (κ3) is 1.45. The van der Waals surface area contributed by atoms with Gasteiger partial charge in [-0.2, -0.15) is 0 Å². The van der Waals surface area contributed by atoms with Crippen molar-refractivity contribution in [2.24, 2.45) is 10.8 Å². The van der Waals surface area contributed by atoms with Crippen LogP contribution in [0.15, 0.2) is 11.1 Å². The van der Waals surface area contributed by atoms with E-state index in [4.69, 9.17) is 0 Å². The van der Waals surface area contributed by atoms with Gasteiger partial charge in [-0.25, -0.2) is 0 Å². The molecule has 90 valence electrons. The highest BCUT2D eigenvalue weighted by atomic mass is 79.9. The lowest BCUT2D eigenvalue weighted by atomic mass is 9.63. The summed E-state index contributed by atoms with van der Waals surface area (Å²) in [6.07, 6.45) is 5.46. The first-order valence-corrected chi connectivity index (χ1v) is 7.36. The molecule has 0 saturated heterocycles. The number of alkyl halides is 1. The number of fused-ring (bicyclic) bond motifs is 1. The lowest BCUT2D eigenvalue weighted by Crippen LogP contribution is -2.36. The highest BCUT2D eigenvalue weighted by Crippen LogP contribution is 2.63. The largest absolute Gasteiger partial charge is 0.299 e. The monoisotopic (exact) mass is 284 g/mol. The van der Waals surface area contributed by atoms with Gasteiger partial charge in [0.05, 0.1) is 0 Å². The third-order valence-electron chi connectivity index (χ3n) is 4.99. The summed E-state index contributed by atoms with van der Waals surface area (Å²) < 4.78 is 0. The molecule has 2 heteroatoms. The van der Waals surface area contributed by atoms with Crippen molar-refractivity contribution >= 4 is 21.7 Å². The Labute approximate surface area is 107 Å². The van der Waals surface area contributed by atoms with Gasteiger partial charge in [0.1, 0.15) is 5.78 Å². The second-order valence-electron chi connectivity index (χ2n) is 5.86. The molecule has 2 rings (SSSR count). The number of ketones is 1. The molecule has 1 fully saturated rings. The van der Waals surface area contributed by atoms with Crippen LogP contribution in [-0.2, 0) is 4.79 Å². The average molecular weight is 285 g/mol. The van der Waals surface area contributed by atoms with E-state index in [1.54, 1.807) is 0 Å². The van der Waals surface area contributed by atoms with Crippen LogP contribution >= 0.6 is 15.9 Å². The van der Waals surface area contributed by atoms with E-state index in [0.717, 1.165) is 11.8 Å². The van der Waals surface area contributed by atoms with Crippen LogP contribution in [0.1, 0.15) is 52.9 Å². The zero-order chi connectivity index (χ0) is 12.0. The average Bonchev–Trinajstić information content (AvgIpc) is 2.64. The number of carbonyl (C=O) groups excluding carboxylic acids is 1. The van der Waals surface area contributed by atoms with Gasteiger partial charge in [-0.1, -0.05) is 40.9 Å². The van der Waals surface area contributed by atoms with Gasteiger partial charge in [0.15, 0.2) is 0 Å². The molecular formula is C14H21BrO. The second kappa shape index (κ2) is 3.97.